The van der Waals surface area contributed by atoms with Crippen molar-refractivity contribution in [3.63, 3.8) is 0 Å². The average molecular weight is 461 g/mol. The molecule has 1 N–H and O–H groups in total. The Hall–Kier alpha value is -2.07. The van der Waals surface area contributed by atoms with Gasteiger partial charge in [-0.1, -0.05) is 25.1 Å². The number of hydrogen-bond acceptors (Lipinski definition) is 5. The lowest BCUT2D eigenvalue weighted by molar-refractivity contribution is 0.0297. The van der Waals surface area contributed by atoms with Crippen molar-refractivity contribution in [2.24, 2.45) is 0 Å². The van der Waals surface area contributed by atoms with Gasteiger partial charge in [0.1, 0.15) is 0 Å². The summed E-state index contributed by atoms with van der Waals surface area (Å²) in [5.74, 6) is -0.0919. The Bertz CT molecular complexity index is 986. The molecule has 2 saturated heterocycles. The van der Waals surface area contributed by atoms with Gasteiger partial charge in [0.15, 0.2) is 16.8 Å². The highest BCUT2D eigenvalue weighted by atomic mass is 32.2. The Kier molecular flexibility index (Phi) is 7.40. The molecule has 4 rings (SSSR count). The van der Waals surface area contributed by atoms with E-state index in [2.05, 4.69) is 11.9 Å². The molecule has 8 nitrogen and oxygen atoms in total. The van der Waals surface area contributed by atoms with E-state index in [-0.39, 0.29) is 5.91 Å². The number of amides is 1. The molecule has 1 aromatic heterocycles. The largest absolute Gasteiger partial charge is 0.378 e. The molecule has 0 bridgehead atoms. The number of morpholine rings is 1. The van der Waals surface area contributed by atoms with Crippen LogP contribution in [0.5, 0.6) is 0 Å². The molecule has 1 aromatic carbocycles. The van der Waals surface area contributed by atoms with E-state index < -0.39 is 11.1 Å². The number of aromatic nitrogens is 2. The van der Waals surface area contributed by atoms with Crippen LogP contribution in [0.2, 0.25) is 0 Å². The first-order chi connectivity index (χ1) is 15.5. The molecule has 0 aliphatic carbocycles. The number of aryl methyl sites for hydroxylation is 1. The van der Waals surface area contributed by atoms with Crippen LogP contribution in [-0.4, -0.2) is 80.2 Å². The van der Waals surface area contributed by atoms with Crippen molar-refractivity contribution in [3.05, 3.63) is 35.5 Å². The molecule has 1 amide bonds. The van der Waals surface area contributed by atoms with E-state index in [4.69, 9.17) is 9.84 Å². The average Bonchev–Trinajstić information content (AvgIpc) is 3.40. The molecule has 2 unspecified atom stereocenters. The van der Waals surface area contributed by atoms with Crippen molar-refractivity contribution in [2.75, 3.05) is 39.9 Å². The number of carbonyl (C=O) groups excluding carboxylic acids is 1. The Morgan fingerprint density at radius 2 is 2.00 bits per heavy atom. The predicted molar refractivity (Wildman–Crippen MR) is 123 cm³/mol. The summed E-state index contributed by atoms with van der Waals surface area (Å²) in [6.07, 6.45) is 3.88. The van der Waals surface area contributed by atoms with E-state index in [9.17, 15) is 13.6 Å². The van der Waals surface area contributed by atoms with Crippen molar-refractivity contribution in [2.45, 2.75) is 50.1 Å². The van der Waals surface area contributed by atoms with Crippen LogP contribution in [0.4, 0.5) is 0 Å². The highest BCUT2D eigenvalue weighted by molar-refractivity contribution is 7.79. The molecular formula is C23H32N4O4S. The quantitative estimate of drug-likeness (QED) is 0.639. The van der Waals surface area contributed by atoms with Gasteiger partial charge < -0.3 is 19.1 Å². The third-order valence-corrected chi connectivity index (χ3v) is 7.31. The fraction of sp³-hybridized carbons (Fsp3) is 0.565. The topological polar surface area (TPSA) is 87.9 Å². The van der Waals surface area contributed by atoms with Crippen LogP contribution in [0.3, 0.4) is 0 Å². The van der Waals surface area contributed by atoms with Gasteiger partial charge in [-0.15, -0.1) is 0 Å². The van der Waals surface area contributed by atoms with E-state index in [0.29, 0.717) is 61.5 Å². The van der Waals surface area contributed by atoms with Crippen LogP contribution in [0, 0.1) is 0 Å². The summed E-state index contributed by atoms with van der Waals surface area (Å²) in [7, 11) is 2.15. The summed E-state index contributed by atoms with van der Waals surface area (Å²) < 4.78 is 29.3. The van der Waals surface area contributed by atoms with Crippen LogP contribution in [0.25, 0.3) is 11.3 Å². The molecule has 0 saturated carbocycles. The number of benzene rings is 1. The zero-order chi connectivity index (χ0) is 22.7. The third kappa shape index (κ3) is 4.66. The first-order valence-electron chi connectivity index (χ1n) is 11.4. The summed E-state index contributed by atoms with van der Waals surface area (Å²) in [5.41, 5.74) is 2.73. The molecule has 2 fully saturated rings. The van der Waals surface area contributed by atoms with Crippen LogP contribution in [-0.2, 0) is 28.8 Å². The minimum atomic E-state index is -2.14. The zero-order valence-corrected chi connectivity index (χ0v) is 19.6. The van der Waals surface area contributed by atoms with Gasteiger partial charge in [-0.05, 0) is 45.3 Å². The van der Waals surface area contributed by atoms with Crippen molar-refractivity contribution >= 4 is 17.0 Å². The van der Waals surface area contributed by atoms with Gasteiger partial charge in [0, 0.05) is 36.8 Å². The van der Waals surface area contributed by atoms with E-state index in [1.807, 2.05) is 23.7 Å². The minimum absolute atomic E-state index is 0.0919. The molecule has 32 heavy (non-hydrogen) atoms. The van der Waals surface area contributed by atoms with Crippen LogP contribution >= 0.6 is 0 Å². The van der Waals surface area contributed by atoms with E-state index in [1.165, 1.54) is 6.42 Å². The highest BCUT2D eigenvalue weighted by Gasteiger charge is 2.29. The fourth-order valence-corrected chi connectivity index (χ4v) is 5.36. The second-order valence-corrected chi connectivity index (χ2v) is 9.41. The number of ether oxygens (including phenoxy) is 1. The monoisotopic (exact) mass is 460 g/mol. The van der Waals surface area contributed by atoms with Gasteiger partial charge >= 0.3 is 0 Å². The van der Waals surface area contributed by atoms with E-state index in [1.54, 1.807) is 17.0 Å². The van der Waals surface area contributed by atoms with Gasteiger partial charge in [-0.3, -0.25) is 9.48 Å². The Morgan fingerprint density at radius 3 is 2.66 bits per heavy atom. The Balaban J connectivity index is 1.77. The maximum absolute atomic E-state index is 13.4. The highest BCUT2D eigenvalue weighted by Crippen LogP contribution is 2.33. The molecule has 174 valence electrons. The molecule has 3 heterocycles. The molecule has 2 aromatic rings. The van der Waals surface area contributed by atoms with Gasteiger partial charge in [0.05, 0.1) is 23.8 Å². The van der Waals surface area contributed by atoms with Gasteiger partial charge in [-0.2, -0.15) is 5.10 Å². The van der Waals surface area contributed by atoms with E-state index >= 15 is 0 Å². The summed E-state index contributed by atoms with van der Waals surface area (Å²) in [5, 5.41) is 4.80. The van der Waals surface area contributed by atoms with Crippen molar-refractivity contribution in [3.8, 4) is 11.3 Å². The summed E-state index contributed by atoms with van der Waals surface area (Å²) >= 11 is -2.14. The minimum Gasteiger partial charge on any atom is -0.378 e. The van der Waals surface area contributed by atoms with Crippen molar-refractivity contribution in [1.29, 1.82) is 0 Å². The van der Waals surface area contributed by atoms with Crippen LogP contribution < -0.4 is 0 Å². The third-order valence-electron chi connectivity index (χ3n) is 6.58. The van der Waals surface area contributed by atoms with E-state index in [0.717, 1.165) is 30.6 Å². The summed E-state index contributed by atoms with van der Waals surface area (Å²) in [6, 6.07) is 7.61. The lowest BCUT2D eigenvalue weighted by Crippen LogP contribution is -2.41. The second-order valence-electron chi connectivity index (χ2n) is 8.47. The molecule has 2 aliphatic rings. The maximum atomic E-state index is 13.4. The zero-order valence-electron chi connectivity index (χ0n) is 18.8. The number of hydrogen-bond donors (Lipinski definition) is 1. The lowest BCUT2D eigenvalue weighted by atomic mass is 10.0. The van der Waals surface area contributed by atoms with Gasteiger partial charge in [-0.25, -0.2) is 4.21 Å². The standard InChI is InChI=1S/C23H32N4O4S/c1-3-18-21(23(28)26-13-15-31-16-14-26)24-27(12-10-17-7-6-11-25(17)2)22(18)19-8-4-5-9-20(19)32(29)30/h4-5,8-9,17H,3,6-7,10-16H2,1-2H3,(H,29,30). The maximum Gasteiger partial charge on any atom is 0.274 e. The molecular weight excluding hydrogens is 428 g/mol. The van der Waals surface area contributed by atoms with Gasteiger partial charge in [0.2, 0.25) is 0 Å². The van der Waals surface area contributed by atoms with Crippen LogP contribution in [0.1, 0.15) is 42.2 Å². The SMILES string of the molecule is CCc1c(C(=O)N2CCOCC2)nn(CCC2CCCN2C)c1-c1ccccc1S(=O)O. The normalized spacial score (nSPS) is 20.6. The molecule has 2 atom stereocenters. The Labute approximate surface area is 191 Å². The number of nitrogens with zero attached hydrogens (tertiary/aromatic N) is 4. The molecule has 2 aliphatic heterocycles. The smallest absolute Gasteiger partial charge is 0.274 e. The molecule has 0 radical (unpaired) electrons. The number of rotatable bonds is 7. The first kappa shape index (κ1) is 23.1. The molecule has 9 heteroatoms. The first-order valence-corrected chi connectivity index (χ1v) is 12.5. The summed E-state index contributed by atoms with van der Waals surface area (Å²) in [6.45, 7) is 5.92. The Morgan fingerprint density at radius 1 is 1.25 bits per heavy atom. The second kappa shape index (κ2) is 10.2. The van der Waals surface area contributed by atoms with Gasteiger partial charge in [0.25, 0.3) is 5.91 Å². The van der Waals surface area contributed by atoms with Crippen LogP contribution in [0.15, 0.2) is 29.2 Å². The van der Waals surface area contributed by atoms with Crippen molar-refractivity contribution < 1.29 is 18.3 Å². The van der Waals surface area contributed by atoms with Crippen molar-refractivity contribution in [1.82, 2.24) is 19.6 Å². The lowest BCUT2D eigenvalue weighted by Gasteiger charge is -2.26. The number of carbonyl (C=O) groups is 1. The summed E-state index contributed by atoms with van der Waals surface area (Å²) in [4.78, 5) is 17.9. The predicted octanol–water partition coefficient (Wildman–Crippen LogP) is 2.65. The molecule has 0 spiro atoms. The fourth-order valence-electron chi connectivity index (χ4n) is 4.82. The number of likely N-dealkylation sites (tertiary alicyclic amines) is 1.